The van der Waals surface area contributed by atoms with Crippen molar-refractivity contribution >= 4 is 134 Å². The summed E-state index contributed by atoms with van der Waals surface area (Å²) in [6.07, 6.45) is 13.4. The number of carbonyl (C=O) groups is 6. The fourth-order valence-electron chi connectivity index (χ4n) is 10.8. The second-order valence-corrected chi connectivity index (χ2v) is 30.9. The standard InChI is InChI=1S/C28H28Cl2F2N3O7.C26H22Cl3F2N2O7.C20H20Cl2F2NO6.C6H4ClNO2.C2H7N/c1-34(2)25-8-6-18(11-33-25)27(37)40-15-26(36)41-23(10-19-20(29)12-35(38)13-21(19)30)17-5-7-22(42-28(31)32)24(9-17)39-14-16-3-4-16;27-18-10-33(36)11-19(28)17(18)8-21(39-24(34)13-38-25(35)16-4-6-23(29)32-9-16)15-3-5-20(40-26(30)31)22(7-15)37-12-14-1-2-14;21-14-7-25(28)8-15(22)13(14)6-17(30-19(27)9-26)12-3-4-16(31-20(23)24)18(5-12)29-10-11-1-2-11;7-5-2-1-4(3-8-5)6(9)10;1-3-2/h5-9,11-13,16,23,28,38H,3-4,10,14-15H2,1-2H3;3-7,9-11,14,21,26,36H,1-2,8,12-13H2;3-5,7-8,11,17,20,26,28H,1-2,6,9-10H2;1-3H,(H,9,10);3H,1-2H3/q3*+1;;/t23-;21-;17-;;/m000../s1. The molecular formula is C82H81Cl8F6N8O22+3. The summed E-state index contributed by atoms with van der Waals surface area (Å²) in [6.45, 7) is -10.6. The molecule has 0 unspecified atom stereocenters. The van der Waals surface area contributed by atoms with Crippen molar-refractivity contribution in [3.05, 3.63) is 237 Å². The highest BCUT2D eigenvalue weighted by Crippen LogP contribution is 2.43. The number of anilines is 1. The van der Waals surface area contributed by atoms with E-state index in [0.717, 1.165) is 38.5 Å². The fraction of sp³-hybridized carbons (Fsp3) is 0.341. The van der Waals surface area contributed by atoms with E-state index in [-0.39, 0.29) is 106 Å². The number of alkyl halides is 6. The van der Waals surface area contributed by atoms with Gasteiger partial charge < -0.3 is 72.5 Å². The number of hydrogen-bond acceptors (Lipinski definition) is 26. The molecule has 3 fully saturated rings. The van der Waals surface area contributed by atoms with Gasteiger partial charge in [-0.3, -0.25) is 15.6 Å². The lowest BCUT2D eigenvalue weighted by Gasteiger charge is -2.21. The lowest BCUT2D eigenvalue weighted by molar-refractivity contribution is -0.904. The number of ether oxygens (including phenoxy) is 11. The van der Waals surface area contributed by atoms with Crippen molar-refractivity contribution < 1.29 is 147 Å². The molecule has 44 heteroatoms. The van der Waals surface area contributed by atoms with E-state index in [4.69, 9.17) is 141 Å². The van der Waals surface area contributed by atoms with Crippen LogP contribution in [0.4, 0.5) is 32.2 Å². The average Bonchev–Trinajstić information content (AvgIpc) is 1.30. The van der Waals surface area contributed by atoms with Gasteiger partial charge in [0.25, 0.3) is 0 Å². The molecule has 0 amide bonds. The summed E-state index contributed by atoms with van der Waals surface area (Å²) in [6, 6.07) is 21.2. The third kappa shape index (κ3) is 33.5. The normalized spacial score (nSPS) is 13.2. The number of carbonyl (C=O) groups excluding carboxylic acids is 5. The van der Waals surface area contributed by atoms with Crippen LogP contribution in [0.2, 0.25) is 40.4 Å². The second kappa shape index (κ2) is 49.4. The zero-order valence-electron chi connectivity index (χ0n) is 66.8. The van der Waals surface area contributed by atoms with Crippen molar-refractivity contribution in [3.63, 3.8) is 0 Å². The number of nitrogens with zero attached hydrogens (tertiary/aromatic N) is 7. The van der Waals surface area contributed by atoms with Crippen LogP contribution in [0.25, 0.3) is 0 Å². The molecule has 9 aromatic rings. The monoisotopic (exact) mass is 1920 g/mol. The SMILES string of the molecule is CN(C)c1ccc(C(=O)OCC(=O)O[C@@H](Cc2c(Cl)c[n+](O)cc2Cl)c2ccc(OC(F)F)c(OCC3CC3)c2)cn1.CNC.O=C(CO)O[C@@H](Cc1c(Cl)c[n+](O)cc1Cl)c1ccc(OC(F)F)c(OCC2CC2)c1.O=C(COC(=O)c1ccc(Cl)nc1)O[C@@H](Cc1c(Cl)c[n+](O)cc1Cl)c1ccc(OC(F)F)c(OCC2CC2)c1.O=C(O)c1ccc(Cl)nc1. The Labute approximate surface area is 755 Å². The van der Waals surface area contributed by atoms with Gasteiger partial charge in [0.1, 0.15) is 71.2 Å². The molecule has 30 nitrogen and oxygen atoms in total. The number of aliphatic hydroxyl groups excluding tert-OH is 1. The van der Waals surface area contributed by atoms with Gasteiger partial charge in [-0.2, -0.15) is 26.3 Å². The van der Waals surface area contributed by atoms with Gasteiger partial charge in [-0.25, -0.2) is 43.7 Å². The summed E-state index contributed by atoms with van der Waals surface area (Å²) in [5.41, 5.74) is 2.45. The molecule has 6 aromatic heterocycles. The first kappa shape index (κ1) is 101. The first-order chi connectivity index (χ1) is 60.0. The van der Waals surface area contributed by atoms with Crippen LogP contribution >= 0.6 is 92.8 Å². The van der Waals surface area contributed by atoms with Crippen molar-refractivity contribution in [3.8, 4) is 34.5 Å². The van der Waals surface area contributed by atoms with E-state index >= 15 is 0 Å². The molecule has 3 aromatic carbocycles. The van der Waals surface area contributed by atoms with Crippen LogP contribution in [-0.4, -0.2) is 164 Å². The van der Waals surface area contributed by atoms with Gasteiger partial charge in [0.05, 0.1) is 36.5 Å². The highest BCUT2D eigenvalue weighted by molar-refractivity contribution is 6.37. The number of aromatic carboxylic acids is 1. The molecule has 6 N–H and O–H groups in total. The first-order valence-electron chi connectivity index (χ1n) is 37.6. The number of nitrogens with one attached hydrogen (secondary N) is 1. The lowest BCUT2D eigenvalue weighted by atomic mass is 10.0. The van der Waals surface area contributed by atoms with Crippen molar-refractivity contribution in [2.24, 2.45) is 17.8 Å². The van der Waals surface area contributed by atoms with Crippen molar-refractivity contribution in [2.45, 2.75) is 95.9 Å². The van der Waals surface area contributed by atoms with Crippen LogP contribution in [0.5, 0.6) is 34.5 Å². The largest absolute Gasteiger partial charge is 0.489 e. The van der Waals surface area contributed by atoms with Crippen LogP contribution in [-0.2, 0) is 57.3 Å². The van der Waals surface area contributed by atoms with Crippen LogP contribution in [0.1, 0.15) is 121 Å². The van der Waals surface area contributed by atoms with Gasteiger partial charge in [-0.1, -0.05) is 111 Å². The van der Waals surface area contributed by atoms with Gasteiger partial charge in [-0.05, 0) is 160 Å². The molecule has 0 bridgehead atoms. The van der Waals surface area contributed by atoms with Crippen molar-refractivity contribution in [1.82, 2.24) is 20.3 Å². The topological polar surface area (TPSA) is 371 Å². The highest BCUT2D eigenvalue weighted by atomic mass is 35.5. The summed E-state index contributed by atoms with van der Waals surface area (Å²) >= 11 is 48.6. The molecule has 0 saturated heterocycles. The quantitative estimate of drug-likeness (QED) is 0.00530. The summed E-state index contributed by atoms with van der Waals surface area (Å²) < 4.78 is 137. The van der Waals surface area contributed by atoms with E-state index in [1.54, 1.807) is 25.1 Å². The molecular weight excluding hydrogens is 1850 g/mol. The van der Waals surface area contributed by atoms with Crippen molar-refractivity contribution in [2.75, 3.05) is 72.7 Å². The van der Waals surface area contributed by atoms with E-state index in [1.807, 2.05) is 14.1 Å². The van der Waals surface area contributed by atoms with E-state index in [9.17, 15) is 70.7 Å². The summed E-state index contributed by atoms with van der Waals surface area (Å²) in [5.74, 6) is -4.09. The Bertz CT molecular complexity index is 5110. The maximum Gasteiger partial charge on any atom is 0.387 e. The number of benzene rings is 3. The summed E-state index contributed by atoms with van der Waals surface area (Å²) in [4.78, 5) is 85.6. The minimum absolute atomic E-state index is 0.0125. The molecule has 126 heavy (non-hydrogen) atoms. The van der Waals surface area contributed by atoms with Gasteiger partial charge in [0, 0.05) is 82.8 Å². The molecule has 3 aliphatic rings. The Morgan fingerprint density at radius 3 is 0.984 bits per heavy atom. The number of rotatable bonds is 36. The number of hydrogen-bond donors (Lipinski definition) is 6. The number of aliphatic hydroxyl groups is 1. The molecule has 676 valence electrons. The molecule has 3 aliphatic carbocycles. The Balaban J connectivity index is 0.000000220. The Kier molecular flexibility index (Phi) is 39.4. The smallest absolute Gasteiger partial charge is 0.387 e. The number of carboxylic acid groups (broad SMARTS) is 1. The van der Waals surface area contributed by atoms with E-state index in [1.165, 1.54) is 141 Å². The predicted octanol–water partition coefficient (Wildman–Crippen LogP) is 15.7. The van der Waals surface area contributed by atoms with Gasteiger partial charge >= 0.3 is 55.7 Å². The summed E-state index contributed by atoms with van der Waals surface area (Å²) in [5, 5.41) is 50.2. The maximum absolute atomic E-state index is 13.0. The van der Waals surface area contributed by atoms with E-state index < -0.39 is 93.8 Å². The van der Waals surface area contributed by atoms with Crippen LogP contribution < -0.4 is 52.8 Å². The minimum Gasteiger partial charge on any atom is -0.489 e. The van der Waals surface area contributed by atoms with Crippen LogP contribution in [0, 0.1) is 17.8 Å². The van der Waals surface area contributed by atoms with Crippen molar-refractivity contribution in [1.29, 1.82) is 0 Å². The fourth-order valence-corrected chi connectivity index (χ4v) is 12.8. The second-order valence-electron chi connectivity index (χ2n) is 27.7. The molecule has 0 aliphatic heterocycles. The number of halogens is 14. The maximum atomic E-state index is 13.0. The molecule has 3 atom stereocenters. The van der Waals surface area contributed by atoms with Gasteiger partial charge in [0.15, 0.2) is 47.7 Å². The lowest BCUT2D eigenvalue weighted by Crippen LogP contribution is -2.29. The number of aromatic nitrogens is 6. The minimum atomic E-state index is -3.08. The Morgan fingerprint density at radius 1 is 0.437 bits per heavy atom. The Hall–Kier alpha value is -10.8. The Morgan fingerprint density at radius 2 is 0.730 bits per heavy atom. The number of pyridine rings is 6. The molecule has 0 spiro atoms. The molecule has 3 saturated carbocycles. The van der Waals surface area contributed by atoms with E-state index in [2.05, 4.69) is 34.5 Å². The zero-order chi connectivity index (χ0) is 92.0. The van der Waals surface area contributed by atoms with E-state index in [0.29, 0.717) is 96.1 Å². The zero-order valence-corrected chi connectivity index (χ0v) is 72.8. The number of carboxylic acids is 1. The first-order valence-corrected chi connectivity index (χ1v) is 40.6. The molecule has 12 rings (SSSR count). The van der Waals surface area contributed by atoms with Crippen LogP contribution in [0.15, 0.2) is 147 Å². The number of esters is 5. The third-order valence-corrected chi connectivity index (χ3v) is 19.9. The molecule has 0 radical (unpaired) electrons. The highest BCUT2D eigenvalue weighted by Gasteiger charge is 2.33. The third-order valence-electron chi connectivity index (χ3n) is 17.5. The average molecular weight is 1930 g/mol. The van der Waals surface area contributed by atoms with Crippen LogP contribution in [0.3, 0.4) is 0 Å². The summed E-state index contributed by atoms with van der Waals surface area (Å²) in [7, 11) is 7.34. The van der Waals surface area contributed by atoms with Gasteiger partial charge in [0.2, 0.25) is 37.2 Å². The van der Waals surface area contributed by atoms with Gasteiger partial charge in [-0.15, -0.1) is 0 Å². The molecule has 6 heterocycles. The predicted molar refractivity (Wildman–Crippen MR) is 440 cm³/mol.